The van der Waals surface area contributed by atoms with E-state index in [1.165, 1.54) is 19.2 Å². The fraction of sp³-hybridized carbons (Fsp3) is 0.378. The number of pyridine rings is 1. The number of hydrogen-bond acceptors (Lipinski definition) is 10. The molecule has 12 nitrogen and oxygen atoms in total. The molecule has 1 aromatic heterocycles. The Morgan fingerprint density at radius 3 is 2.46 bits per heavy atom. The predicted octanol–water partition coefficient (Wildman–Crippen LogP) is 6.88. The molecular weight excluding hydrogens is 659 g/mol. The van der Waals surface area contributed by atoms with Crippen LogP contribution in [0.1, 0.15) is 70.7 Å². The van der Waals surface area contributed by atoms with Crippen LogP contribution in [0.3, 0.4) is 0 Å². The van der Waals surface area contributed by atoms with E-state index in [0.29, 0.717) is 65.8 Å². The monoisotopic (exact) mass is 703 g/mol. The van der Waals surface area contributed by atoms with Crippen molar-refractivity contribution in [1.82, 2.24) is 9.88 Å². The number of sulfone groups is 1. The van der Waals surface area contributed by atoms with Crippen molar-refractivity contribution in [1.29, 1.82) is 0 Å². The van der Waals surface area contributed by atoms with Gasteiger partial charge in [0.15, 0.2) is 21.3 Å². The van der Waals surface area contributed by atoms with Crippen molar-refractivity contribution < 1.29 is 32.2 Å². The fourth-order valence-electron chi connectivity index (χ4n) is 6.16. The summed E-state index contributed by atoms with van der Waals surface area (Å²) in [6.45, 7) is 9.75. The minimum Gasteiger partial charge on any atom is -0.490 e. The zero-order valence-electron chi connectivity index (χ0n) is 29.2. The van der Waals surface area contributed by atoms with Crippen LogP contribution in [-0.4, -0.2) is 61.9 Å². The van der Waals surface area contributed by atoms with Crippen molar-refractivity contribution in [2.75, 3.05) is 36.6 Å². The first-order valence-electron chi connectivity index (χ1n) is 16.7. The normalized spacial score (nSPS) is 15.3. The summed E-state index contributed by atoms with van der Waals surface area (Å²) in [6.07, 6.45) is 2.01. The molecule has 1 aliphatic heterocycles. The van der Waals surface area contributed by atoms with Gasteiger partial charge in [0.1, 0.15) is 11.9 Å². The first-order valence-corrected chi connectivity index (χ1v) is 18.3. The molecule has 4 N–H and O–H groups in total. The number of likely N-dealkylation sites (tertiary alicyclic amines) is 1. The van der Waals surface area contributed by atoms with Crippen LogP contribution in [0, 0.1) is 0 Å². The maximum Gasteiger partial charge on any atom is 0.411 e. The second-order valence-electron chi connectivity index (χ2n) is 12.7. The first kappa shape index (κ1) is 36.2. The largest absolute Gasteiger partial charge is 0.490 e. The van der Waals surface area contributed by atoms with Gasteiger partial charge in [-0.15, -0.1) is 0 Å². The SMILES string of the molecule is CCOc1cc([C@@H](Nc2ccc3c(N)nccc3c2)C(=O)N2CCC[C@H]2c2cc(NC(=O)OC)ccc2S(=O)(=O)C(C)C)ccc1OC(C)C. The molecule has 266 valence electrons. The molecule has 0 unspecified atom stereocenters. The molecular formula is C37H45N5O7S. The molecule has 0 aliphatic carbocycles. The average molecular weight is 704 g/mol. The zero-order chi connectivity index (χ0) is 36.2. The van der Waals surface area contributed by atoms with E-state index in [1.54, 1.807) is 43.1 Å². The summed E-state index contributed by atoms with van der Waals surface area (Å²) in [6, 6.07) is 16.0. The summed E-state index contributed by atoms with van der Waals surface area (Å²) in [4.78, 5) is 33.0. The second kappa shape index (κ2) is 15.2. The molecule has 1 aliphatic rings. The van der Waals surface area contributed by atoms with Crippen LogP contribution in [0.25, 0.3) is 10.8 Å². The van der Waals surface area contributed by atoms with Crippen LogP contribution in [-0.2, 0) is 19.4 Å². The highest BCUT2D eigenvalue weighted by atomic mass is 32.2. The Bertz CT molecular complexity index is 1980. The van der Waals surface area contributed by atoms with Gasteiger partial charge in [-0.05, 0) is 119 Å². The molecule has 13 heteroatoms. The van der Waals surface area contributed by atoms with Gasteiger partial charge in [-0.1, -0.05) is 6.07 Å². The summed E-state index contributed by atoms with van der Waals surface area (Å²) in [5.41, 5.74) is 8.20. The second-order valence-corrected chi connectivity index (χ2v) is 15.1. The van der Waals surface area contributed by atoms with Gasteiger partial charge < -0.3 is 30.2 Å². The van der Waals surface area contributed by atoms with Gasteiger partial charge in [-0.25, -0.2) is 18.2 Å². The van der Waals surface area contributed by atoms with Gasteiger partial charge in [0.05, 0.1) is 36.0 Å². The summed E-state index contributed by atoms with van der Waals surface area (Å²) in [7, 11) is -2.51. The number of methoxy groups -OCH3 is 1. The van der Waals surface area contributed by atoms with E-state index < -0.39 is 33.3 Å². The third kappa shape index (κ3) is 7.72. The first-order chi connectivity index (χ1) is 23.8. The lowest BCUT2D eigenvalue weighted by Gasteiger charge is -2.32. The third-order valence-electron chi connectivity index (χ3n) is 8.58. The number of nitrogen functional groups attached to an aromatic ring is 1. The number of nitrogens with one attached hydrogen (secondary N) is 2. The third-order valence-corrected chi connectivity index (χ3v) is 10.8. The molecule has 0 saturated carbocycles. The number of carbonyl (C=O) groups excluding carboxylic acids is 2. The average Bonchev–Trinajstić information content (AvgIpc) is 3.57. The number of benzene rings is 3. The van der Waals surface area contributed by atoms with Crippen molar-refractivity contribution in [3.63, 3.8) is 0 Å². The maximum absolute atomic E-state index is 14.9. The topological polar surface area (TPSA) is 162 Å². The van der Waals surface area contributed by atoms with E-state index in [2.05, 4.69) is 15.6 Å². The van der Waals surface area contributed by atoms with Crippen molar-refractivity contribution in [2.24, 2.45) is 0 Å². The Labute approximate surface area is 293 Å². The Hall–Kier alpha value is -5.04. The van der Waals surface area contributed by atoms with Crippen molar-refractivity contribution in [3.8, 4) is 11.5 Å². The van der Waals surface area contributed by atoms with Crippen LogP contribution in [0.4, 0.5) is 22.0 Å². The molecule has 2 heterocycles. The molecule has 4 aromatic rings. The van der Waals surface area contributed by atoms with E-state index in [1.807, 2.05) is 51.1 Å². The van der Waals surface area contributed by atoms with Crippen molar-refractivity contribution in [3.05, 3.63) is 78.0 Å². The van der Waals surface area contributed by atoms with Gasteiger partial charge in [0.25, 0.3) is 0 Å². The molecule has 0 bridgehead atoms. The summed E-state index contributed by atoms with van der Waals surface area (Å²) >= 11 is 0. The molecule has 50 heavy (non-hydrogen) atoms. The smallest absolute Gasteiger partial charge is 0.411 e. The van der Waals surface area contributed by atoms with Crippen LogP contribution >= 0.6 is 0 Å². The molecule has 0 radical (unpaired) electrons. The number of nitrogens with zero attached hydrogens (tertiary/aromatic N) is 2. The number of aromatic nitrogens is 1. The molecule has 3 aromatic carbocycles. The number of amides is 2. The standard InChI is InChI=1S/C37H45N5O7S/c1-7-48-32-20-25(10-14-31(32)49-22(2)3)34(40-26-11-13-28-24(19-26)16-17-39-35(28)38)36(43)42-18-8-9-30(42)29-21-27(41-37(44)47-6)12-15-33(29)50(45,46)23(4)5/h10-17,19-23,30,34,40H,7-9,18H2,1-6H3,(H2,38,39)(H,41,44)/t30-,34+/m0/s1. The molecule has 0 spiro atoms. The molecule has 1 fully saturated rings. The highest BCUT2D eigenvalue weighted by Gasteiger charge is 2.38. The van der Waals surface area contributed by atoms with Crippen LogP contribution in [0.15, 0.2) is 71.8 Å². The number of rotatable bonds is 12. The zero-order valence-corrected chi connectivity index (χ0v) is 30.0. The fourth-order valence-corrected chi connectivity index (χ4v) is 7.45. The van der Waals surface area contributed by atoms with E-state index in [4.69, 9.17) is 19.9 Å². The Balaban J connectivity index is 1.61. The summed E-state index contributed by atoms with van der Waals surface area (Å²) < 4.78 is 44.0. The van der Waals surface area contributed by atoms with E-state index in [0.717, 1.165) is 10.8 Å². The summed E-state index contributed by atoms with van der Waals surface area (Å²) in [5, 5.41) is 7.01. The van der Waals surface area contributed by atoms with Gasteiger partial charge in [0.2, 0.25) is 5.91 Å². The molecule has 5 rings (SSSR count). The lowest BCUT2D eigenvalue weighted by molar-refractivity contribution is -0.133. The molecule has 2 atom stereocenters. The van der Waals surface area contributed by atoms with Gasteiger partial charge >= 0.3 is 6.09 Å². The van der Waals surface area contributed by atoms with Crippen molar-refractivity contribution in [2.45, 2.75) is 75.8 Å². The minimum atomic E-state index is -3.76. The Kier molecular flexibility index (Phi) is 11.0. The van der Waals surface area contributed by atoms with Crippen molar-refractivity contribution >= 4 is 49.8 Å². The number of carbonyl (C=O) groups is 2. The Morgan fingerprint density at radius 2 is 1.76 bits per heavy atom. The van der Waals surface area contributed by atoms with E-state index in [-0.39, 0.29) is 16.9 Å². The lowest BCUT2D eigenvalue weighted by atomic mass is 10.00. The molecule has 1 saturated heterocycles. The van der Waals surface area contributed by atoms with Gasteiger partial charge in [-0.3, -0.25) is 10.1 Å². The molecule has 2 amide bonds. The van der Waals surface area contributed by atoms with Crippen LogP contribution in [0.5, 0.6) is 11.5 Å². The minimum absolute atomic E-state index is 0.0961. The number of nitrogens with two attached hydrogens (primary N) is 1. The number of fused-ring (bicyclic) bond motifs is 1. The summed E-state index contributed by atoms with van der Waals surface area (Å²) in [5.74, 6) is 1.20. The number of hydrogen-bond donors (Lipinski definition) is 3. The Morgan fingerprint density at radius 1 is 1.00 bits per heavy atom. The van der Waals surface area contributed by atoms with E-state index >= 15 is 0 Å². The van der Waals surface area contributed by atoms with Gasteiger partial charge in [-0.2, -0.15) is 0 Å². The van der Waals surface area contributed by atoms with E-state index in [9.17, 15) is 18.0 Å². The maximum atomic E-state index is 14.9. The predicted molar refractivity (Wildman–Crippen MR) is 194 cm³/mol. The lowest BCUT2D eigenvalue weighted by Crippen LogP contribution is -2.38. The van der Waals surface area contributed by atoms with Gasteiger partial charge in [0, 0.05) is 29.5 Å². The highest BCUT2D eigenvalue weighted by Crippen LogP contribution is 2.41. The number of anilines is 3. The number of ether oxygens (including phenoxy) is 3. The van der Waals surface area contributed by atoms with Crippen LogP contribution < -0.4 is 25.8 Å². The van der Waals surface area contributed by atoms with Crippen LogP contribution in [0.2, 0.25) is 0 Å². The highest BCUT2D eigenvalue weighted by molar-refractivity contribution is 7.92. The quantitative estimate of drug-likeness (QED) is 0.142.